The third kappa shape index (κ3) is 3.78. The molecule has 0 aliphatic heterocycles. The summed E-state index contributed by atoms with van der Waals surface area (Å²) in [5, 5.41) is 0. The van der Waals surface area contributed by atoms with Crippen molar-refractivity contribution in [1.29, 1.82) is 0 Å². The van der Waals surface area contributed by atoms with E-state index in [4.69, 9.17) is 0 Å². The van der Waals surface area contributed by atoms with E-state index in [1.165, 1.54) is 6.08 Å². The number of halogens is 2. The van der Waals surface area contributed by atoms with Gasteiger partial charge in [-0.1, -0.05) is 13.0 Å². The van der Waals surface area contributed by atoms with E-state index in [-0.39, 0.29) is 12.3 Å². The van der Waals surface area contributed by atoms with Crippen LogP contribution in [0.15, 0.2) is 12.7 Å². The summed E-state index contributed by atoms with van der Waals surface area (Å²) in [6.45, 7) is 5.10. The minimum absolute atomic E-state index is 0.0602. The molecule has 0 aromatic heterocycles. The maximum Gasteiger partial charge on any atom is 0.239 e. The molecule has 0 aliphatic rings. The maximum absolute atomic E-state index is 11.4. The quantitative estimate of drug-likeness (QED) is 0.502. The van der Waals surface area contributed by atoms with Crippen LogP contribution in [0.1, 0.15) is 13.3 Å². The third-order valence-corrected chi connectivity index (χ3v) is 0.952. The van der Waals surface area contributed by atoms with Crippen LogP contribution in [0.4, 0.5) is 8.78 Å². The molecule has 0 nitrogen and oxygen atoms in total. The van der Waals surface area contributed by atoms with E-state index >= 15 is 0 Å². The Morgan fingerprint density at radius 2 is 2.12 bits per heavy atom. The molecule has 0 bridgehead atoms. The van der Waals surface area contributed by atoms with Gasteiger partial charge < -0.3 is 0 Å². The number of rotatable bonds is 3. The molecule has 0 fully saturated rings. The maximum atomic E-state index is 11.4. The molecule has 0 aliphatic carbocycles. The predicted octanol–water partition coefficient (Wildman–Crippen LogP) is 2.46. The van der Waals surface area contributed by atoms with Crippen molar-refractivity contribution in [1.82, 2.24) is 0 Å². The van der Waals surface area contributed by atoms with E-state index in [0.717, 1.165) is 0 Å². The molecule has 48 valence electrons. The SMILES string of the molecule is C=C[C@H](C)CC(F)F. The van der Waals surface area contributed by atoms with Gasteiger partial charge in [-0.3, -0.25) is 0 Å². The van der Waals surface area contributed by atoms with Gasteiger partial charge in [0.25, 0.3) is 0 Å². The highest BCUT2D eigenvalue weighted by Crippen LogP contribution is 2.09. The molecule has 0 saturated heterocycles. The van der Waals surface area contributed by atoms with Crippen molar-refractivity contribution in [3.63, 3.8) is 0 Å². The van der Waals surface area contributed by atoms with E-state index in [1.54, 1.807) is 6.92 Å². The zero-order chi connectivity index (χ0) is 6.57. The molecule has 0 N–H and O–H groups in total. The van der Waals surface area contributed by atoms with E-state index < -0.39 is 6.43 Å². The summed E-state index contributed by atoms with van der Waals surface area (Å²) in [5.74, 6) is -0.0602. The molecule has 0 amide bonds. The molecule has 0 unspecified atom stereocenters. The van der Waals surface area contributed by atoms with Gasteiger partial charge >= 0.3 is 0 Å². The predicted molar refractivity (Wildman–Crippen MR) is 30.0 cm³/mol. The van der Waals surface area contributed by atoms with Gasteiger partial charge in [0.05, 0.1) is 0 Å². The summed E-state index contributed by atoms with van der Waals surface area (Å²) in [7, 11) is 0. The van der Waals surface area contributed by atoms with Crippen LogP contribution in [0.3, 0.4) is 0 Å². The van der Waals surface area contributed by atoms with E-state index in [2.05, 4.69) is 6.58 Å². The molecule has 0 rings (SSSR count). The first-order valence-corrected chi connectivity index (χ1v) is 2.57. The second kappa shape index (κ2) is 3.58. The number of hydrogen-bond donors (Lipinski definition) is 0. The van der Waals surface area contributed by atoms with Gasteiger partial charge in [0, 0.05) is 6.42 Å². The van der Waals surface area contributed by atoms with Crippen molar-refractivity contribution in [2.45, 2.75) is 19.8 Å². The van der Waals surface area contributed by atoms with E-state index in [1.807, 2.05) is 0 Å². The summed E-state index contributed by atoms with van der Waals surface area (Å²) in [4.78, 5) is 0. The summed E-state index contributed by atoms with van der Waals surface area (Å²) in [6, 6.07) is 0. The van der Waals surface area contributed by atoms with Crippen LogP contribution < -0.4 is 0 Å². The summed E-state index contributed by atoms with van der Waals surface area (Å²) in [5.41, 5.74) is 0. The van der Waals surface area contributed by atoms with Gasteiger partial charge in [-0.25, -0.2) is 8.78 Å². The van der Waals surface area contributed by atoms with Gasteiger partial charge in [-0.15, -0.1) is 6.58 Å². The monoisotopic (exact) mass is 120 g/mol. The lowest BCUT2D eigenvalue weighted by atomic mass is 10.1. The van der Waals surface area contributed by atoms with Crippen LogP contribution >= 0.6 is 0 Å². The molecule has 2 heteroatoms. The second-order valence-electron chi connectivity index (χ2n) is 1.84. The highest BCUT2D eigenvalue weighted by atomic mass is 19.3. The topological polar surface area (TPSA) is 0 Å². The average molecular weight is 120 g/mol. The lowest BCUT2D eigenvalue weighted by Crippen LogP contribution is -1.97. The zero-order valence-corrected chi connectivity index (χ0v) is 4.90. The van der Waals surface area contributed by atoms with Gasteiger partial charge in [0.1, 0.15) is 0 Å². The van der Waals surface area contributed by atoms with Crippen LogP contribution in [0.2, 0.25) is 0 Å². The van der Waals surface area contributed by atoms with Crippen LogP contribution in [0.5, 0.6) is 0 Å². The highest BCUT2D eigenvalue weighted by Gasteiger charge is 2.05. The molecule has 1 atom stereocenters. The minimum atomic E-state index is -2.19. The van der Waals surface area contributed by atoms with Gasteiger partial charge in [0.2, 0.25) is 6.43 Å². The molecule has 0 heterocycles. The molecular formula is C6H10F2. The minimum Gasteiger partial charge on any atom is -0.211 e. The van der Waals surface area contributed by atoms with Crippen molar-refractivity contribution in [2.24, 2.45) is 5.92 Å². The molecule has 0 saturated carbocycles. The normalized spacial score (nSPS) is 14.0. The van der Waals surface area contributed by atoms with Gasteiger partial charge in [0.15, 0.2) is 0 Å². The fourth-order valence-electron chi connectivity index (χ4n) is 0.377. The Hall–Kier alpha value is -0.400. The summed E-state index contributed by atoms with van der Waals surface area (Å²) < 4.78 is 22.8. The Labute approximate surface area is 48.2 Å². The van der Waals surface area contributed by atoms with Gasteiger partial charge in [-0.05, 0) is 5.92 Å². The van der Waals surface area contributed by atoms with Crippen LogP contribution in [0.25, 0.3) is 0 Å². The number of alkyl halides is 2. The van der Waals surface area contributed by atoms with Crippen LogP contribution in [-0.2, 0) is 0 Å². The molecule has 0 radical (unpaired) electrons. The Kier molecular flexibility index (Phi) is 3.40. The molecular weight excluding hydrogens is 110 g/mol. The van der Waals surface area contributed by atoms with Crippen LogP contribution in [0, 0.1) is 5.92 Å². The van der Waals surface area contributed by atoms with E-state index in [9.17, 15) is 8.78 Å². The average Bonchev–Trinajstić information content (AvgIpc) is 1.65. The third-order valence-electron chi connectivity index (χ3n) is 0.952. The fourth-order valence-corrected chi connectivity index (χ4v) is 0.377. The highest BCUT2D eigenvalue weighted by molar-refractivity contribution is 4.74. The first-order chi connectivity index (χ1) is 3.66. The Morgan fingerprint density at radius 3 is 2.25 bits per heavy atom. The standard InChI is InChI=1S/C6H10F2/c1-3-5(2)4-6(7)8/h3,5-6H,1,4H2,2H3/t5-/m0/s1. The van der Waals surface area contributed by atoms with Crippen LogP contribution in [-0.4, -0.2) is 6.43 Å². The first-order valence-electron chi connectivity index (χ1n) is 2.57. The van der Waals surface area contributed by atoms with Gasteiger partial charge in [-0.2, -0.15) is 0 Å². The van der Waals surface area contributed by atoms with Crippen molar-refractivity contribution >= 4 is 0 Å². The summed E-state index contributed by atoms with van der Waals surface area (Å²) in [6.07, 6.45) is -0.724. The zero-order valence-electron chi connectivity index (χ0n) is 4.90. The van der Waals surface area contributed by atoms with Crippen molar-refractivity contribution in [3.05, 3.63) is 12.7 Å². The largest absolute Gasteiger partial charge is 0.239 e. The van der Waals surface area contributed by atoms with Crippen molar-refractivity contribution in [2.75, 3.05) is 0 Å². The number of allylic oxidation sites excluding steroid dienone is 1. The summed E-state index contributed by atoms with van der Waals surface area (Å²) >= 11 is 0. The Morgan fingerprint density at radius 1 is 1.62 bits per heavy atom. The lowest BCUT2D eigenvalue weighted by Gasteiger charge is -2.01. The van der Waals surface area contributed by atoms with Crippen molar-refractivity contribution in [3.8, 4) is 0 Å². The molecule has 8 heavy (non-hydrogen) atoms. The smallest absolute Gasteiger partial charge is 0.211 e. The number of hydrogen-bond acceptors (Lipinski definition) is 0. The lowest BCUT2D eigenvalue weighted by molar-refractivity contribution is 0.126. The molecule has 0 spiro atoms. The first kappa shape index (κ1) is 7.60. The van der Waals surface area contributed by atoms with E-state index in [0.29, 0.717) is 0 Å². The van der Waals surface area contributed by atoms with Crippen molar-refractivity contribution < 1.29 is 8.78 Å². The second-order valence-corrected chi connectivity index (χ2v) is 1.84. The Bertz CT molecular complexity index is 68.9. The molecule has 0 aromatic carbocycles. The fraction of sp³-hybridized carbons (Fsp3) is 0.667. The Balaban J connectivity index is 3.23. The molecule has 0 aromatic rings.